The van der Waals surface area contributed by atoms with Crippen LogP contribution < -0.4 is 15.4 Å². The number of urea groups is 1. The fourth-order valence-corrected chi connectivity index (χ4v) is 1.95. The van der Waals surface area contributed by atoms with E-state index >= 15 is 0 Å². The third-order valence-electron chi connectivity index (χ3n) is 2.33. The van der Waals surface area contributed by atoms with Gasteiger partial charge < -0.3 is 10.1 Å². The number of nitrogens with one attached hydrogen (secondary N) is 2. The molecule has 3 amide bonds. The van der Waals surface area contributed by atoms with Crippen LogP contribution in [0.2, 0.25) is 0 Å². The van der Waals surface area contributed by atoms with Crippen molar-refractivity contribution in [1.29, 1.82) is 0 Å². The first-order chi connectivity index (χ1) is 8.93. The Morgan fingerprint density at radius 1 is 1.42 bits per heavy atom. The molecule has 0 aliphatic heterocycles. The third-order valence-corrected chi connectivity index (χ3v) is 2.95. The highest BCUT2D eigenvalue weighted by Crippen LogP contribution is 2.26. The molecule has 1 atom stereocenters. The Labute approximate surface area is 120 Å². The second-order valence-electron chi connectivity index (χ2n) is 4.04. The number of ether oxygens (including phenoxy) is 1. The van der Waals surface area contributed by atoms with Gasteiger partial charge >= 0.3 is 6.03 Å². The molecule has 6 heteroatoms. The zero-order valence-corrected chi connectivity index (χ0v) is 12.7. The number of benzene rings is 1. The van der Waals surface area contributed by atoms with E-state index in [2.05, 4.69) is 26.6 Å². The topological polar surface area (TPSA) is 67.4 Å². The summed E-state index contributed by atoms with van der Waals surface area (Å²) in [5.74, 6) is 0.0718. The van der Waals surface area contributed by atoms with Gasteiger partial charge in [-0.05, 0) is 54.4 Å². The average molecular weight is 329 g/mol. The van der Waals surface area contributed by atoms with Gasteiger partial charge in [-0.15, -0.1) is 0 Å². The van der Waals surface area contributed by atoms with Crippen molar-refractivity contribution in [2.24, 2.45) is 0 Å². The van der Waals surface area contributed by atoms with Crippen LogP contribution in [-0.4, -0.2) is 24.6 Å². The molecule has 0 radical (unpaired) electrons. The molecule has 0 aliphatic carbocycles. The van der Waals surface area contributed by atoms with E-state index in [4.69, 9.17) is 4.74 Å². The molecule has 0 heterocycles. The normalized spacial score (nSPS) is 11.6. The van der Waals surface area contributed by atoms with Gasteiger partial charge in [0.25, 0.3) is 5.91 Å². The standard InChI is InChI=1S/C13H17BrN2O3/c1-4-15-13(18)16-12(17)9(3)19-11-6-5-8(2)7-10(11)14/h5-7,9H,4H2,1-3H3,(H2,15,16,17,18). The summed E-state index contributed by atoms with van der Waals surface area (Å²) in [4.78, 5) is 22.9. The number of rotatable bonds is 4. The molecule has 1 unspecified atom stereocenters. The lowest BCUT2D eigenvalue weighted by Gasteiger charge is -2.15. The first kappa shape index (κ1) is 15.5. The third kappa shape index (κ3) is 4.90. The van der Waals surface area contributed by atoms with E-state index in [1.54, 1.807) is 19.9 Å². The highest BCUT2D eigenvalue weighted by atomic mass is 79.9. The van der Waals surface area contributed by atoms with Crippen molar-refractivity contribution in [3.8, 4) is 5.75 Å². The van der Waals surface area contributed by atoms with E-state index in [-0.39, 0.29) is 0 Å². The van der Waals surface area contributed by atoms with Crippen LogP contribution in [0, 0.1) is 6.92 Å². The van der Waals surface area contributed by atoms with Gasteiger partial charge in [-0.2, -0.15) is 0 Å². The van der Waals surface area contributed by atoms with Crippen LogP contribution in [0.15, 0.2) is 22.7 Å². The summed E-state index contributed by atoms with van der Waals surface area (Å²) in [7, 11) is 0. The largest absolute Gasteiger partial charge is 0.480 e. The van der Waals surface area contributed by atoms with E-state index in [0.29, 0.717) is 12.3 Å². The lowest BCUT2D eigenvalue weighted by atomic mass is 10.2. The summed E-state index contributed by atoms with van der Waals surface area (Å²) >= 11 is 3.36. The summed E-state index contributed by atoms with van der Waals surface area (Å²) < 4.78 is 6.27. The molecule has 19 heavy (non-hydrogen) atoms. The van der Waals surface area contributed by atoms with E-state index in [9.17, 15) is 9.59 Å². The van der Waals surface area contributed by atoms with E-state index in [1.807, 2.05) is 19.1 Å². The van der Waals surface area contributed by atoms with Crippen molar-refractivity contribution in [3.05, 3.63) is 28.2 Å². The Morgan fingerprint density at radius 2 is 2.11 bits per heavy atom. The Hall–Kier alpha value is -1.56. The molecule has 0 spiro atoms. The molecule has 0 fully saturated rings. The molecule has 0 bridgehead atoms. The molecule has 0 aliphatic rings. The van der Waals surface area contributed by atoms with Gasteiger partial charge in [-0.25, -0.2) is 4.79 Å². The van der Waals surface area contributed by atoms with Crippen LogP contribution in [-0.2, 0) is 4.79 Å². The predicted molar refractivity (Wildman–Crippen MR) is 76.2 cm³/mol. The van der Waals surface area contributed by atoms with E-state index in [0.717, 1.165) is 10.0 Å². The van der Waals surface area contributed by atoms with Gasteiger partial charge in [-0.1, -0.05) is 6.07 Å². The maximum atomic E-state index is 11.7. The first-order valence-corrected chi connectivity index (χ1v) is 6.74. The van der Waals surface area contributed by atoms with Crippen LogP contribution in [0.4, 0.5) is 4.79 Å². The van der Waals surface area contributed by atoms with Crippen molar-refractivity contribution < 1.29 is 14.3 Å². The highest BCUT2D eigenvalue weighted by Gasteiger charge is 2.18. The monoisotopic (exact) mass is 328 g/mol. The fraction of sp³-hybridized carbons (Fsp3) is 0.385. The SMILES string of the molecule is CCNC(=O)NC(=O)C(C)Oc1ccc(C)cc1Br. The lowest BCUT2D eigenvalue weighted by Crippen LogP contribution is -2.45. The average Bonchev–Trinajstić information content (AvgIpc) is 2.32. The quantitative estimate of drug-likeness (QED) is 0.891. The maximum Gasteiger partial charge on any atom is 0.321 e. The van der Waals surface area contributed by atoms with E-state index in [1.165, 1.54) is 0 Å². The second-order valence-corrected chi connectivity index (χ2v) is 4.90. The van der Waals surface area contributed by atoms with Crippen LogP contribution in [0.3, 0.4) is 0 Å². The summed E-state index contributed by atoms with van der Waals surface area (Å²) in [6.45, 7) is 5.77. The van der Waals surface area contributed by atoms with Crippen molar-refractivity contribution in [3.63, 3.8) is 0 Å². The van der Waals surface area contributed by atoms with Crippen molar-refractivity contribution in [2.45, 2.75) is 26.9 Å². The van der Waals surface area contributed by atoms with Gasteiger partial charge in [0.1, 0.15) is 5.75 Å². The minimum Gasteiger partial charge on any atom is -0.480 e. The zero-order valence-electron chi connectivity index (χ0n) is 11.1. The molecule has 2 N–H and O–H groups in total. The Bertz CT molecular complexity index is 477. The maximum absolute atomic E-state index is 11.7. The number of amides is 3. The van der Waals surface area contributed by atoms with Crippen LogP contribution in [0.5, 0.6) is 5.75 Å². The second kappa shape index (κ2) is 7.13. The van der Waals surface area contributed by atoms with Gasteiger partial charge in [0.15, 0.2) is 6.10 Å². The number of aryl methyl sites for hydroxylation is 1. The van der Waals surface area contributed by atoms with Crippen molar-refractivity contribution >= 4 is 27.9 Å². The fourth-order valence-electron chi connectivity index (χ4n) is 1.36. The molecule has 1 rings (SSSR count). The molecule has 1 aromatic rings. The summed E-state index contributed by atoms with van der Waals surface area (Å²) in [5, 5.41) is 4.68. The molecule has 104 valence electrons. The molecule has 0 aromatic heterocycles. The molecular formula is C13H17BrN2O3. The summed E-state index contributed by atoms with van der Waals surface area (Å²) in [6, 6.07) is 5.03. The van der Waals surface area contributed by atoms with Crippen LogP contribution >= 0.6 is 15.9 Å². The Balaban J connectivity index is 2.61. The predicted octanol–water partition coefficient (Wildman–Crippen LogP) is 2.37. The molecule has 0 saturated carbocycles. The number of hydrogen-bond donors (Lipinski definition) is 2. The smallest absolute Gasteiger partial charge is 0.321 e. The van der Waals surface area contributed by atoms with Gasteiger partial charge in [0.2, 0.25) is 0 Å². The highest BCUT2D eigenvalue weighted by molar-refractivity contribution is 9.10. The first-order valence-electron chi connectivity index (χ1n) is 5.95. The van der Waals surface area contributed by atoms with Crippen molar-refractivity contribution in [2.75, 3.05) is 6.54 Å². The minimum absolute atomic E-state index is 0.456. The van der Waals surface area contributed by atoms with Crippen LogP contribution in [0.25, 0.3) is 0 Å². The number of halogens is 1. The Morgan fingerprint density at radius 3 is 2.68 bits per heavy atom. The minimum atomic E-state index is -0.762. The summed E-state index contributed by atoms with van der Waals surface area (Å²) in [5.41, 5.74) is 1.08. The number of imide groups is 1. The number of hydrogen-bond acceptors (Lipinski definition) is 3. The van der Waals surface area contributed by atoms with Gasteiger partial charge in [0.05, 0.1) is 4.47 Å². The molecule has 0 saturated heterocycles. The van der Waals surface area contributed by atoms with Crippen molar-refractivity contribution in [1.82, 2.24) is 10.6 Å². The zero-order chi connectivity index (χ0) is 14.4. The molecule has 1 aromatic carbocycles. The number of carbonyl (C=O) groups excluding carboxylic acids is 2. The van der Waals surface area contributed by atoms with Crippen LogP contribution in [0.1, 0.15) is 19.4 Å². The van der Waals surface area contributed by atoms with Gasteiger partial charge in [0, 0.05) is 6.54 Å². The Kier molecular flexibility index (Phi) is 5.82. The molecule has 5 nitrogen and oxygen atoms in total. The lowest BCUT2D eigenvalue weighted by molar-refractivity contribution is -0.126. The van der Waals surface area contributed by atoms with Gasteiger partial charge in [-0.3, -0.25) is 10.1 Å². The molecular weight excluding hydrogens is 312 g/mol. The van der Waals surface area contributed by atoms with E-state index < -0.39 is 18.0 Å². The summed E-state index contributed by atoms with van der Waals surface area (Å²) in [6.07, 6.45) is -0.762. The number of carbonyl (C=O) groups is 2.